The molecule has 0 saturated carbocycles. The van der Waals surface area contributed by atoms with E-state index in [9.17, 15) is 0 Å². The van der Waals surface area contributed by atoms with Gasteiger partial charge in [-0.1, -0.05) is 112 Å². The van der Waals surface area contributed by atoms with Crippen molar-refractivity contribution < 1.29 is 0 Å². The van der Waals surface area contributed by atoms with E-state index in [-0.39, 0.29) is 11.0 Å². The SMILES string of the molecule is CC(C)(C)c1cc(-c2nc3c(-c4cc(-c5ccccc5)cc(-c5cc(-c6ccccc6)ccn5)c4)cccc3n2C(C)(C)C)c2[nH]c3ccccc3c2c1. The number of pyridine rings is 1. The Bertz CT molecular complexity index is 2830. The first-order chi connectivity index (χ1) is 26.0. The summed E-state index contributed by atoms with van der Waals surface area (Å²) in [4.78, 5) is 14.4. The average molecular weight is 701 g/mol. The van der Waals surface area contributed by atoms with Crippen LogP contribution in [-0.2, 0) is 11.0 Å². The molecule has 9 aromatic rings. The number of imidazole rings is 1. The maximum atomic E-state index is 5.66. The monoisotopic (exact) mass is 700 g/mol. The number of rotatable bonds is 5. The van der Waals surface area contributed by atoms with E-state index < -0.39 is 0 Å². The molecule has 0 bridgehead atoms. The predicted molar refractivity (Wildman–Crippen MR) is 228 cm³/mol. The Kier molecular flexibility index (Phi) is 7.90. The average Bonchev–Trinajstić information content (AvgIpc) is 3.77. The van der Waals surface area contributed by atoms with Crippen molar-refractivity contribution in [3.63, 3.8) is 0 Å². The molecule has 9 rings (SSSR count). The Labute approximate surface area is 317 Å². The van der Waals surface area contributed by atoms with Gasteiger partial charge in [0.1, 0.15) is 5.82 Å². The van der Waals surface area contributed by atoms with Crippen molar-refractivity contribution in [3.05, 3.63) is 157 Å². The van der Waals surface area contributed by atoms with Crippen LogP contribution in [0.5, 0.6) is 0 Å². The van der Waals surface area contributed by atoms with Crippen LogP contribution < -0.4 is 0 Å². The van der Waals surface area contributed by atoms with Gasteiger partial charge >= 0.3 is 0 Å². The summed E-state index contributed by atoms with van der Waals surface area (Å²) in [6, 6.07) is 52.2. The van der Waals surface area contributed by atoms with Gasteiger partial charge in [-0.25, -0.2) is 4.98 Å². The van der Waals surface area contributed by atoms with E-state index in [4.69, 9.17) is 9.97 Å². The second-order valence-corrected chi connectivity index (χ2v) is 16.4. The number of fused-ring (bicyclic) bond motifs is 4. The van der Waals surface area contributed by atoms with E-state index >= 15 is 0 Å². The predicted octanol–water partition coefficient (Wildman–Crippen LogP) is 13.5. The molecular weight excluding hydrogens is 657 g/mol. The molecule has 0 saturated heterocycles. The highest BCUT2D eigenvalue weighted by atomic mass is 15.1. The van der Waals surface area contributed by atoms with E-state index in [0.29, 0.717) is 0 Å². The van der Waals surface area contributed by atoms with Gasteiger partial charge < -0.3 is 9.55 Å². The summed E-state index contributed by atoms with van der Waals surface area (Å²) in [7, 11) is 0. The maximum Gasteiger partial charge on any atom is 0.143 e. The lowest BCUT2D eigenvalue weighted by atomic mass is 9.85. The van der Waals surface area contributed by atoms with Gasteiger partial charge in [-0.15, -0.1) is 0 Å². The van der Waals surface area contributed by atoms with E-state index in [0.717, 1.165) is 72.5 Å². The number of aromatic nitrogens is 4. The van der Waals surface area contributed by atoms with Crippen LogP contribution in [0.1, 0.15) is 47.1 Å². The molecule has 0 aliphatic rings. The Balaban J connectivity index is 1.31. The third-order valence-electron chi connectivity index (χ3n) is 10.6. The third-order valence-corrected chi connectivity index (χ3v) is 10.6. The molecule has 54 heavy (non-hydrogen) atoms. The van der Waals surface area contributed by atoms with E-state index in [1.807, 2.05) is 6.20 Å². The molecule has 0 aliphatic carbocycles. The summed E-state index contributed by atoms with van der Waals surface area (Å²) < 4.78 is 2.44. The van der Waals surface area contributed by atoms with Gasteiger partial charge in [0.25, 0.3) is 0 Å². The Hall–Kier alpha value is -6.26. The molecule has 6 aromatic carbocycles. The first-order valence-corrected chi connectivity index (χ1v) is 18.8. The number of benzene rings is 6. The fraction of sp³-hybridized carbons (Fsp3) is 0.160. The Morgan fingerprint density at radius 2 is 1.19 bits per heavy atom. The van der Waals surface area contributed by atoms with Gasteiger partial charge in [-0.3, -0.25) is 4.98 Å². The zero-order chi connectivity index (χ0) is 37.2. The molecule has 0 radical (unpaired) electrons. The first kappa shape index (κ1) is 33.6. The van der Waals surface area contributed by atoms with Gasteiger partial charge in [-0.2, -0.15) is 0 Å². The van der Waals surface area contributed by atoms with Crippen molar-refractivity contribution >= 4 is 32.8 Å². The Morgan fingerprint density at radius 1 is 0.519 bits per heavy atom. The summed E-state index contributed by atoms with van der Waals surface area (Å²) in [5.41, 5.74) is 15.2. The van der Waals surface area contributed by atoms with Crippen LogP contribution in [0.2, 0.25) is 0 Å². The van der Waals surface area contributed by atoms with Gasteiger partial charge in [0.2, 0.25) is 0 Å². The molecule has 3 heterocycles. The third kappa shape index (κ3) is 5.88. The summed E-state index contributed by atoms with van der Waals surface area (Å²) in [6.45, 7) is 13.7. The van der Waals surface area contributed by atoms with Crippen LogP contribution in [-0.4, -0.2) is 19.5 Å². The topological polar surface area (TPSA) is 46.5 Å². The summed E-state index contributed by atoms with van der Waals surface area (Å²) >= 11 is 0. The van der Waals surface area contributed by atoms with E-state index in [2.05, 4.69) is 197 Å². The van der Waals surface area contributed by atoms with Crippen molar-refractivity contribution in [2.75, 3.05) is 0 Å². The lowest BCUT2D eigenvalue weighted by Gasteiger charge is -2.26. The van der Waals surface area contributed by atoms with Gasteiger partial charge in [-0.05, 0) is 114 Å². The second kappa shape index (κ2) is 12.7. The van der Waals surface area contributed by atoms with Crippen molar-refractivity contribution in [2.45, 2.75) is 52.5 Å². The Morgan fingerprint density at radius 3 is 1.91 bits per heavy atom. The number of nitrogens with one attached hydrogen (secondary N) is 1. The first-order valence-electron chi connectivity index (χ1n) is 18.8. The lowest BCUT2D eigenvalue weighted by molar-refractivity contribution is 0.413. The highest BCUT2D eigenvalue weighted by molar-refractivity contribution is 6.12. The highest BCUT2D eigenvalue weighted by Gasteiger charge is 2.28. The van der Waals surface area contributed by atoms with Crippen LogP contribution in [0, 0.1) is 0 Å². The summed E-state index contributed by atoms with van der Waals surface area (Å²) in [5, 5.41) is 2.46. The molecule has 0 aliphatic heterocycles. The van der Waals surface area contributed by atoms with E-state index in [1.54, 1.807) is 0 Å². The van der Waals surface area contributed by atoms with Crippen LogP contribution in [0.4, 0.5) is 0 Å². The zero-order valence-electron chi connectivity index (χ0n) is 31.8. The minimum atomic E-state index is -0.252. The van der Waals surface area contributed by atoms with Crippen LogP contribution in [0.3, 0.4) is 0 Å². The molecule has 0 spiro atoms. The molecule has 4 heteroatoms. The minimum Gasteiger partial charge on any atom is -0.354 e. The number of nitrogens with zero attached hydrogens (tertiary/aromatic N) is 3. The lowest BCUT2D eigenvalue weighted by Crippen LogP contribution is -2.23. The largest absolute Gasteiger partial charge is 0.354 e. The fourth-order valence-electron chi connectivity index (χ4n) is 7.88. The molecule has 264 valence electrons. The number of H-pyrrole nitrogens is 1. The molecule has 3 aromatic heterocycles. The standard InChI is InChI=1S/C50H44N4/c1-49(2,3)38-30-41-40-20-13-14-22-43(40)52-46(41)42(31-38)48-53-47-39(21-15-23-45(47)54(48)50(4,5)6)36-26-35(33-18-11-8-12-19-33)27-37(28-36)44-29-34(24-25-51-44)32-16-9-7-10-17-32/h7-31,52H,1-6H3. The number of aromatic amines is 1. The molecular formula is C50H44N4. The highest BCUT2D eigenvalue weighted by Crippen LogP contribution is 2.43. The minimum absolute atomic E-state index is 0.0504. The number of para-hydroxylation sites is 2. The maximum absolute atomic E-state index is 5.66. The second-order valence-electron chi connectivity index (χ2n) is 16.4. The molecule has 4 nitrogen and oxygen atoms in total. The molecule has 0 unspecified atom stereocenters. The molecule has 1 N–H and O–H groups in total. The van der Waals surface area contributed by atoms with Crippen LogP contribution in [0.25, 0.3) is 88.9 Å². The van der Waals surface area contributed by atoms with Crippen LogP contribution in [0.15, 0.2) is 152 Å². The van der Waals surface area contributed by atoms with Gasteiger partial charge in [0.15, 0.2) is 0 Å². The number of hydrogen-bond acceptors (Lipinski definition) is 2. The van der Waals surface area contributed by atoms with Gasteiger partial charge in [0, 0.05) is 44.7 Å². The quantitative estimate of drug-likeness (QED) is 0.194. The number of hydrogen-bond donors (Lipinski definition) is 1. The summed E-state index contributed by atoms with van der Waals surface area (Å²) in [5.74, 6) is 0.962. The fourth-order valence-corrected chi connectivity index (χ4v) is 7.88. The normalized spacial score (nSPS) is 12.3. The van der Waals surface area contributed by atoms with Crippen molar-refractivity contribution in [1.29, 1.82) is 0 Å². The smallest absolute Gasteiger partial charge is 0.143 e. The van der Waals surface area contributed by atoms with Crippen molar-refractivity contribution in [2.24, 2.45) is 0 Å². The van der Waals surface area contributed by atoms with Crippen molar-refractivity contribution in [1.82, 2.24) is 19.5 Å². The molecule has 0 atom stereocenters. The zero-order valence-corrected chi connectivity index (χ0v) is 31.8. The van der Waals surface area contributed by atoms with Crippen molar-refractivity contribution in [3.8, 4) is 56.0 Å². The van der Waals surface area contributed by atoms with Gasteiger partial charge in [0.05, 0.1) is 22.2 Å². The molecule has 0 amide bonds. The molecule has 0 fully saturated rings. The van der Waals surface area contributed by atoms with E-state index in [1.165, 1.54) is 21.9 Å². The summed E-state index contributed by atoms with van der Waals surface area (Å²) in [6.07, 6.45) is 1.92. The van der Waals surface area contributed by atoms with Crippen LogP contribution >= 0.6 is 0 Å².